The SMILES string of the molecule is CC(C)(C)N1C[C@]2(C=CC(=O)C(Cl)=C2)C(C)(CC(F)(F)C(F)(F)C(F)(F)C(F)(F)F)C1=O. The molecule has 0 aromatic rings. The highest BCUT2D eigenvalue weighted by atomic mass is 35.5. The molecular formula is C19H19ClF9NO2. The van der Waals surface area contributed by atoms with Crippen LogP contribution in [0.1, 0.15) is 34.1 Å². The lowest BCUT2D eigenvalue weighted by Crippen LogP contribution is -2.62. The minimum Gasteiger partial charge on any atom is -0.336 e. The van der Waals surface area contributed by atoms with Crippen molar-refractivity contribution in [2.45, 2.75) is 63.6 Å². The number of nitrogens with zero attached hydrogens (tertiary/aromatic N) is 1. The number of ketones is 1. The van der Waals surface area contributed by atoms with Crippen LogP contribution in [-0.2, 0) is 9.59 Å². The number of halogens is 10. The van der Waals surface area contributed by atoms with E-state index < -0.39 is 70.0 Å². The predicted octanol–water partition coefficient (Wildman–Crippen LogP) is 5.74. The first-order chi connectivity index (χ1) is 14.0. The molecule has 32 heavy (non-hydrogen) atoms. The van der Waals surface area contributed by atoms with Gasteiger partial charge in [-0.15, -0.1) is 0 Å². The summed E-state index contributed by atoms with van der Waals surface area (Å²) in [5.41, 5.74) is -5.67. The fourth-order valence-electron chi connectivity index (χ4n) is 3.84. The van der Waals surface area contributed by atoms with Gasteiger partial charge in [-0.1, -0.05) is 17.7 Å². The van der Waals surface area contributed by atoms with Crippen molar-refractivity contribution < 1.29 is 49.1 Å². The van der Waals surface area contributed by atoms with E-state index in [0.717, 1.165) is 30.1 Å². The highest BCUT2D eigenvalue weighted by Gasteiger charge is 2.83. The van der Waals surface area contributed by atoms with Gasteiger partial charge in [0.25, 0.3) is 0 Å². The van der Waals surface area contributed by atoms with Crippen LogP contribution in [0.2, 0.25) is 0 Å². The standard InChI is InChI=1S/C19H19ClF9NO2/c1-13(2,3)30-9-15(6-5-11(31)10(20)7-15)14(4,12(30)32)8-16(21,22)17(23,24)18(25,26)19(27,28)29/h5-7H,8-9H2,1-4H3/t14?,15-/m1/s1. The van der Waals surface area contributed by atoms with Crippen LogP contribution in [-0.4, -0.2) is 52.6 Å². The molecule has 0 bridgehead atoms. The monoisotopic (exact) mass is 499 g/mol. The number of amides is 1. The van der Waals surface area contributed by atoms with Gasteiger partial charge in [0.2, 0.25) is 5.91 Å². The molecule has 1 amide bonds. The number of likely N-dealkylation sites (tertiary alicyclic amines) is 1. The Bertz CT molecular complexity index is 888. The van der Waals surface area contributed by atoms with Crippen molar-refractivity contribution in [3.8, 4) is 0 Å². The Kier molecular flexibility index (Phi) is 5.92. The molecule has 0 radical (unpaired) electrons. The van der Waals surface area contributed by atoms with E-state index in [2.05, 4.69) is 0 Å². The Morgan fingerprint density at radius 3 is 1.88 bits per heavy atom. The van der Waals surface area contributed by atoms with Crippen LogP contribution in [0.5, 0.6) is 0 Å². The number of hydrogen-bond acceptors (Lipinski definition) is 2. The van der Waals surface area contributed by atoms with E-state index >= 15 is 0 Å². The molecule has 2 aliphatic rings. The van der Waals surface area contributed by atoms with Crippen molar-refractivity contribution in [1.82, 2.24) is 4.90 Å². The van der Waals surface area contributed by atoms with E-state index in [-0.39, 0.29) is 0 Å². The maximum atomic E-state index is 14.6. The predicted molar refractivity (Wildman–Crippen MR) is 95.6 cm³/mol. The Morgan fingerprint density at radius 2 is 1.47 bits per heavy atom. The molecule has 1 unspecified atom stereocenters. The lowest BCUT2D eigenvalue weighted by molar-refractivity contribution is -0.399. The van der Waals surface area contributed by atoms with Crippen molar-refractivity contribution in [1.29, 1.82) is 0 Å². The second kappa shape index (κ2) is 7.14. The minimum absolute atomic E-state index is 0.455. The number of alkyl halides is 9. The summed E-state index contributed by atoms with van der Waals surface area (Å²) >= 11 is 5.79. The second-order valence-corrected chi connectivity index (χ2v) is 9.56. The summed E-state index contributed by atoms with van der Waals surface area (Å²) in [5.74, 6) is -21.9. The average molecular weight is 500 g/mol. The van der Waals surface area contributed by atoms with Gasteiger partial charge in [-0.3, -0.25) is 9.59 Å². The lowest BCUT2D eigenvalue weighted by Gasteiger charge is -2.42. The molecule has 182 valence electrons. The number of carbonyl (C=O) groups excluding carboxylic acids is 2. The largest absolute Gasteiger partial charge is 0.460 e. The summed E-state index contributed by atoms with van der Waals surface area (Å²) in [6, 6.07) is 0. The highest BCUT2D eigenvalue weighted by Crippen LogP contribution is 2.61. The van der Waals surface area contributed by atoms with Gasteiger partial charge in [0.05, 0.1) is 10.4 Å². The summed E-state index contributed by atoms with van der Waals surface area (Å²) in [6.45, 7) is 4.70. The summed E-state index contributed by atoms with van der Waals surface area (Å²) < 4.78 is 121. The van der Waals surface area contributed by atoms with Crippen molar-refractivity contribution in [2.24, 2.45) is 10.8 Å². The van der Waals surface area contributed by atoms with Crippen molar-refractivity contribution >= 4 is 23.3 Å². The second-order valence-electron chi connectivity index (χ2n) is 9.15. The zero-order chi connectivity index (χ0) is 25.3. The number of carbonyl (C=O) groups is 2. The zero-order valence-corrected chi connectivity index (χ0v) is 17.9. The number of rotatable bonds is 4. The fraction of sp³-hybridized carbons (Fsp3) is 0.684. The smallest absolute Gasteiger partial charge is 0.336 e. The van der Waals surface area contributed by atoms with Gasteiger partial charge in [0, 0.05) is 23.9 Å². The zero-order valence-electron chi connectivity index (χ0n) is 17.2. The van der Waals surface area contributed by atoms with Gasteiger partial charge < -0.3 is 4.90 Å². The van der Waals surface area contributed by atoms with Gasteiger partial charge >= 0.3 is 23.9 Å². The van der Waals surface area contributed by atoms with Crippen LogP contribution in [0, 0.1) is 10.8 Å². The maximum Gasteiger partial charge on any atom is 0.460 e. The number of hydrogen-bond donors (Lipinski definition) is 0. The molecule has 0 saturated carbocycles. The first-order valence-corrected chi connectivity index (χ1v) is 9.49. The Hall–Kier alpha value is -1.72. The molecule has 1 aliphatic carbocycles. The van der Waals surface area contributed by atoms with E-state index in [4.69, 9.17) is 11.6 Å². The fourth-order valence-corrected chi connectivity index (χ4v) is 4.10. The van der Waals surface area contributed by atoms with Crippen molar-refractivity contribution in [3.05, 3.63) is 23.3 Å². The molecule has 13 heteroatoms. The molecule has 2 atom stereocenters. The molecule has 0 aromatic heterocycles. The van der Waals surface area contributed by atoms with Crippen LogP contribution in [0.25, 0.3) is 0 Å². The third kappa shape index (κ3) is 3.62. The van der Waals surface area contributed by atoms with Gasteiger partial charge in [-0.2, -0.15) is 39.5 Å². The topological polar surface area (TPSA) is 37.4 Å². The third-order valence-corrected chi connectivity index (χ3v) is 6.21. The Labute approximate surface area is 182 Å². The molecule has 2 rings (SSSR count). The van der Waals surface area contributed by atoms with E-state index in [1.165, 1.54) is 20.8 Å². The van der Waals surface area contributed by atoms with Crippen molar-refractivity contribution in [3.63, 3.8) is 0 Å². The van der Waals surface area contributed by atoms with Crippen LogP contribution in [0.15, 0.2) is 23.3 Å². The van der Waals surface area contributed by atoms with Crippen LogP contribution in [0.4, 0.5) is 39.5 Å². The summed E-state index contributed by atoms with van der Waals surface area (Å²) in [5, 5.41) is -0.544. The van der Waals surface area contributed by atoms with Gasteiger partial charge in [-0.05, 0) is 39.8 Å². The van der Waals surface area contributed by atoms with E-state index in [9.17, 15) is 49.1 Å². The van der Waals surface area contributed by atoms with E-state index in [1.54, 1.807) is 0 Å². The molecule has 1 heterocycles. The lowest BCUT2D eigenvalue weighted by atomic mass is 9.61. The van der Waals surface area contributed by atoms with Gasteiger partial charge in [0.15, 0.2) is 5.78 Å². The minimum atomic E-state index is -7.08. The highest BCUT2D eigenvalue weighted by molar-refractivity contribution is 6.44. The van der Waals surface area contributed by atoms with E-state index in [0.29, 0.717) is 0 Å². The quantitative estimate of drug-likeness (QED) is 0.463. The summed E-state index contributed by atoms with van der Waals surface area (Å²) in [4.78, 5) is 25.8. The Balaban J connectivity index is 2.68. The maximum absolute atomic E-state index is 14.6. The summed E-state index contributed by atoms with van der Waals surface area (Å²) in [7, 11) is 0. The first-order valence-electron chi connectivity index (χ1n) is 9.11. The van der Waals surface area contributed by atoms with Crippen LogP contribution < -0.4 is 0 Å². The third-order valence-electron chi connectivity index (χ3n) is 5.91. The molecular weight excluding hydrogens is 481 g/mol. The van der Waals surface area contributed by atoms with Crippen LogP contribution in [0.3, 0.4) is 0 Å². The summed E-state index contributed by atoms with van der Waals surface area (Å²) in [6.07, 6.45) is -6.71. The van der Waals surface area contributed by atoms with Gasteiger partial charge in [-0.25, -0.2) is 0 Å². The van der Waals surface area contributed by atoms with Crippen LogP contribution >= 0.6 is 11.6 Å². The van der Waals surface area contributed by atoms with E-state index in [1.807, 2.05) is 0 Å². The molecule has 1 saturated heterocycles. The normalized spacial score (nSPS) is 28.1. The molecule has 0 N–H and O–H groups in total. The molecule has 1 aliphatic heterocycles. The Morgan fingerprint density at radius 1 is 0.969 bits per heavy atom. The van der Waals surface area contributed by atoms with Crippen molar-refractivity contribution in [2.75, 3.05) is 6.54 Å². The molecule has 1 fully saturated rings. The van der Waals surface area contributed by atoms with Gasteiger partial charge in [0.1, 0.15) is 0 Å². The average Bonchev–Trinajstić information content (AvgIpc) is 2.78. The first kappa shape index (κ1) is 26.5. The molecule has 1 spiro atoms. The molecule has 3 nitrogen and oxygen atoms in total. The molecule has 0 aromatic carbocycles. The number of allylic oxidation sites excluding steroid dienone is 2.